The molecule has 4 nitrogen and oxygen atoms in total. The van der Waals surface area contributed by atoms with Gasteiger partial charge in [0, 0.05) is 12.2 Å². The van der Waals surface area contributed by atoms with Crippen molar-refractivity contribution in [3.8, 4) is 11.8 Å². The van der Waals surface area contributed by atoms with E-state index in [4.69, 9.17) is 10.4 Å². The fraction of sp³-hybridized carbons (Fsp3) is 0.417. The predicted molar refractivity (Wildman–Crippen MR) is 61.2 cm³/mol. The zero-order chi connectivity index (χ0) is 14.3. The zero-order valence-electron chi connectivity index (χ0n) is 9.94. The molecule has 0 aliphatic carbocycles. The van der Waals surface area contributed by atoms with Crippen LogP contribution in [-0.4, -0.2) is 24.6 Å². The predicted octanol–water partition coefficient (Wildman–Crippen LogP) is 2.12. The Morgan fingerprint density at radius 1 is 1.37 bits per heavy atom. The smallest absolute Gasteiger partial charge is 0.405 e. The van der Waals surface area contributed by atoms with Crippen molar-refractivity contribution in [2.45, 2.75) is 18.8 Å². The standard InChI is InChI=1S/C12H13F3N2O2/c13-12(14,15)19-11-5-2-1-4-9(11)10(8-16)17-6-3-7-18/h1-2,4-5,10,17-18H,3,6-7H2. The Kier molecular flexibility index (Phi) is 5.60. The van der Waals surface area contributed by atoms with E-state index in [0.29, 0.717) is 13.0 Å². The summed E-state index contributed by atoms with van der Waals surface area (Å²) in [5.74, 6) is -0.405. The maximum absolute atomic E-state index is 12.2. The van der Waals surface area contributed by atoms with E-state index in [1.165, 1.54) is 18.2 Å². The molecule has 0 radical (unpaired) electrons. The van der Waals surface area contributed by atoms with Gasteiger partial charge in [0.1, 0.15) is 11.8 Å². The van der Waals surface area contributed by atoms with Crippen molar-refractivity contribution in [2.75, 3.05) is 13.2 Å². The number of hydrogen-bond donors (Lipinski definition) is 2. The summed E-state index contributed by atoms with van der Waals surface area (Å²) in [6.07, 6.45) is -4.40. The first-order valence-electron chi connectivity index (χ1n) is 5.56. The Morgan fingerprint density at radius 2 is 2.05 bits per heavy atom. The van der Waals surface area contributed by atoms with E-state index in [9.17, 15) is 13.2 Å². The van der Waals surface area contributed by atoms with Gasteiger partial charge in [-0.1, -0.05) is 18.2 Å². The fourth-order valence-corrected chi connectivity index (χ4v) is 1.49. The van der Waals surface area contributed by atoms with E-state index < -0.39 is 18.2 Å². The topological polar surface area (TPSA) is 65.3 Å². The highest BCUT2D eigenvalue weighted by atomic mass is 19.4. The van der Waals surface area contributed by atoms with E-state index in [0.717, 1.165) is 6.07 Å². The molecule has 0 aromatic heterocycles. The molecular weight excluding hydrogens is 261 g/mol. The summed E-state index contributed by atoms with van der Waals surface area (Å²) in [7, 11) is 0. The van der Waals surface area contributed by atoms with Crippen LogP contribution in [0.3, 0.4) is 0 Å². The van der Waals surface area contributed by atoms with Gasteiger partial charge in [-0.2, -0.15) is 5.26 Å². The Labute approximate surface area is 108 Å². The Balaban J connectivity index is 2.88. The van der Waals surface area contributed by atoms with Gasteiger partial charge in [0.25, 0.3) is 0 Å². The van der Waals surface area contributed by atoms with Crippen LogP contribution in [0, 0.1) is 11.3 Å². The maximum Gasteiger partial charge on any atom is 0.573 e. The van der Waals surface area contributed by atoms with Crippen molar-refractivity contribution in [3.05, 3.63) is 29.8 Å². The van der Waals surface area contributed by atoms with Crippen LogP contribution in [0.2, 0.25) is 0 Å². The van der Waals surface area contributed by atoms with Crippen LogP contribution < -0.4 is 10.1 Å². The summed E-state index contributed by atoms with van der Waals surface area (Å²) >= 11 is 0. The monoisotopic (exact) mass is 274 g/mol. The van der Waals surface area contributed by atoms with Gasteiger partial charge >= 0.3 is 6.36 Å². The number of nitriles is 1. The second-order valence-corrected chi connectivity index (χ2v) is 3.68. The molecular formula is C12H13F3N2O2. The molecule has 2 N–H and O–H groups in total. The third kappa shape index (κ3) is 5.16. The van der Waals surface area contributed by atoms with Crippen molar-refractivity contribution in [1.82, 2.24) is 5.32 Å². The number of ether oxygens (including phenoxy) is 1. The van der Waals surface area contributed by atoms with Gasteiger partial charge in [0.15, 0.2) is 0 Å². The van der Waals surface area contributed by atoms with E-state index in [1.807, 2.05) is 6.07 Å². The lowest BCUT2D eigenvalue weighted by atomic mass is 10.1. The lowest BCUT2D eigenvalue weighted by Gasteiger charge is -2.17. The summed E-state index contributed by atoms with van der Waals surface area (Å²) in [5.41, 5.74) is 0.111. The number of halogens is 3. The van der Waals surface area contributed by atoms with Gasteiger partial charge in [0.05, 0.1) is 6.07 Å². The number of rotatable bonds is 6. The van der Waals surface area contributed by atoms with Crippen LogP contribution >= 0.6 is 0 Å². The molecule has 0 spiro atoms. The summed E-state index contributed by atoms with van der Waals surface area (Å²) in [6.45, 7) is 0.251. The van der Waals surface area contributed by atoms with Crippen molar-refractivity contribution < 1.29 is 23.0 Å². The number of aliphatic hydroxyl groups is 1. The van der Waals surface area contributed by atoms with Crippen molar-refractivity contribution in [2.24, 2.45) is 0 Å². The van der Waals surface area contributed by atoms with Crippen LogP contribution in [-0.2, 0) is 0 Å². The Bertz CT molecular complexity index is 443. The van der Waals surface area contributed by atoms with Crippen LogP contribution in [0.4, 0.5) is 13.2 Å². The van der Waals surface area contributed by atoms with Gasteiger partial charge in [0.2, 0.25) is 0 Å². The van der Waals surface area contributed by atoms with Crippen LogP contribution in [0.25, 0.3) is 0 Å². The number of nitrogens with one attached hydrogen (secondary N) is 1. The molecule has 104 valence electrons. The first-order chi connectivity index (χ1) is 8.98. The molecule has 0 saturated heterocycles. The number of aliphatic hydroxyl groups excluding tert-OH is 1. The quantitative estimate of drug-likeness (QED) is 0.780. The minimum atomic E-state index is -4.80. The molecule has 0 bridgehead atoms. The summed E-state index contributed by atoms with van der Waals surface area (Å²) in [4.78, 5) is 0. The first kappa shape index (κ1) is 15.3. The zero-order valence-corrected chi connectivity index (χ0v) is 9.94. The van der Waals surface area contributed by atoms with Crippen molar-refractivity contribution >= 4 is 0 Å². The summed E-state index contributed by atoms with van der Waals surface area (Å²) in [5, 5.41) is 20.4. The minimum Gasteiger partial charge on any atom is -0.405 e. The van der Waals surface area contributed by atoms with E-state index in [2.05, 4.69) is 10.1 Å². The van der Waals surface area contributed by atoms with Gasteiger partial charge in [-0.25, -0.2) is 0 Å². The molecule has 0 fully saturated rings. The molecule has 1 rings (SSSR count). The maximum atomic E-state index is 12.2. The average molecular weight is 274 g/mol. The number of benzene rings is 1. The lowest BCUT2D eigenvalue weighted by molar-refractivity contribution is -0.274. The van der Waals surface area contributed by atoms with Gasteiger partial charge in [-0.3, -0.25) is 5.32 Å². The molecule has 0 aliphatic heterocycles. The van der Waals surface area contributed by atoms with Gasteiger partial charge < -0.3 is 9.84 Å². The third-order valence-electron chi connectivity index (χ3n) is 2.27. The molecule has 0 aliphatic rings. The van der Waals surface area contributed by atoms with Gasteiger partial charge in [-0.15, -0.1) is 13.2 Å². The summed E-state index contributed by atoms with van der Waals surface area (Å²) in [6, 6.07) is 6.40. The fourth-order valence-electron chi connectivity index (χ4n) is 1.49. The molecule has 1 aromatic carbocycles. The number of alkyl halides is 3. The Hall–Kier alpha value is -1.78. The minimum absolute atomic E-state index is 0.0636. The van der Waals surface area contributed by atoms with E-state index in [1.54, 1.807) is 0 Å². The number of hydrogen-bond acceptors (Lipinski definition) is 4. The molecule has 7 heteroatoms. The molecule has 1 atom stereocenters. The van der Waals surface area contributed by atoms with Crippen LogP contribution in [0.15, 0.2) is 24.3 Å². The SMILES string of the molecule is N#CC(NCCCO)c1ccccc1OC(F)(F)F. The third-order valence-corrected chi connectivity index (χ3v) is 2.27. The second kappa shape index (κ2) is 6.97. The molecule has 0 saturated carbocycles. The second-order valence-electron chi connectivity index (χ2n) is 3.68. The number of nitrogens with zero attached hydrogens (tertiary/aromatic N) is 1. The molecule has 0 heterocycles. The largest absolute Gasteiger partial charge is 0.573 e. The number of para-hydroxylation sites is 1. The Morgan fingerprint density at radius 3 is 2.63 bits per heavy atom. The normalized spacial score (nSPS) is 12.8. The van der Waals surface area contributed by atoms with Crippen LogP contribution in [0.1, 0.15) is 18.0 Å². The highest BCUT2D eigenvalue weighted by molar-refractivity contribution is 5.38. The molecule has 1 aromatic rings. The van der Waals surface area contributed by atoms with E-state index >= 15 is 0 Å². The summed E-state index contributed by atoms with van der Waals surface area (Å²) < 4.78 is 40.6. The van der Waals surface area contributed by atoms with Crippen molar-refractivity contribution in [3.63, 3.8) is 0 Å². The lowest BCUT2D eigenvalue weighted by Crippen LogP contribution is -2.24. The molecule has 0 amide bonds. The highest BCUT2D eigenvalue weighted by Crippen LogP contribution is 2.29. The first-order valence-corrected chi connectivity index (χ1v) is 5.56. The van der Waals surface area contributed by atoms with Crippen LogP contribution in [0.5, 0.6) is 5.75 Å². The average Bonchev–Trinajstić information content (AvgIpc) is 2.34. The highest BCUT2D eigenvalue weighted by Gasteiger charge is 2.32. The molecule has 1 unspecified atom stereocenters. The molecule has 19 heavy (non-hydrogen) atoms. The van der Waals surface area contributed by atoms with E-state index in [-0.39, 0.29) is 12.2 Å². The van der Waals surface area contributed by atoms with Gasteiger partial charge in [-0.05, 0) is 19.0 Å². The van der Waals surface area contributed by atoms with Crippen molar-refractivity contribution in [1.29, 1.82) is 5.26 Å².